The third kappa shape index (κ3) is 1.70. The van der Waals surface area contributed by atoms with E-state index in [9.17, 15) is 0 Å². The van der Waals surface area contributed by atoms with Crippen molar-refractivity contribution in [3.05, 3.63) is 36.1 Å². The van der Waals surface area contributed by atoms with Gasteiger partial charge in [-0.15, -0.1) is 0 Å². The molecule has 3 aromatic rings. The molecule has 86 valence electrons. The molecule has 17 heavy (non-hydrogen) atoms. The summed E-state index contributed by atoms with van der Waals surface area (Å²) in [6.45, 7) is 2.24. The number of H-pyrrole nitrogens is 1. The predicted molar refractivity (Wildman–Crippen MR) is 64.2 cm³/mol. The summed E-state index contributed by atoms with van der Waals surface area (Å²) in [5, 5.41) is 0. The van der Waals surface area contributed by atoms with E-state index in [1.54, 1.807) is 6.20 Å². The van der Waals surface area contributed by atoms with Crippen LogP contribution in [0.3, 0.4) is 0 Å². The van der Waals surface area contributed by atoms with Crippen LogP contribution >= 0.6 is 0 Å². The molecule has 0 fully saturated rings. The van der Waals surface area contributed by atoms with E-state index in [0.29, 0.717) is 12.4 Å². The second kappa shape index (κ2) is 3.71. The van der Waals surface area contributed by atoms with E-state index in [1.165, 1.54) is 0 Å². The van der Waals surface area contributed by atoms with Gasteiger partial charge in [-0.25, -0.2) is 9.97 Å². The second-order valence-corrected chi connectivity index (χ2v) is 3.86. The van der Waals surface area contributed by atoms with Crippen molar-refractivity contribution in [2.45, 2.75) is 13.5 Å². The first-order valence-corrected chi connectivity index (χ1v) is 5.38. The average molecular weight is 228 g/mol. The zero-order chi connectivity index (χ0) is 11.8. The van der Waals surface area contributed by atoms with Crippen molar-refractivity contribution in [3.63, 3.8) is 0 Å². The summed E-state index contributed by atoms with van der Waals surface area (Å²) in [5.74, 6) is 1.45. The summed E-state index contributed by atoms with van der Waals surface area (Å²) in [5.41, 5.74) is 9.12. The predicted octanol–water partition coefficient (Wildman–Crippen LogP) is 1.99. The van der Waals surface area contributed by atoms with Gasteiger partial charge >= 0.3 is 0 Å². The Labute approximate surface area is 97.7 Å². The summed E-state index contributed by atoms with van der Waals surface area (Å²) in [6, 6.07) is 5.86. The van der Waals surface area contributed by atoms with Gasteiger partial charge in [-0.05, 0) is 18.2 Å². The number of imidazole rings is 1. The fraction of sp³-hybridized carbons (Fsp3) is 0.167. The number of nitrogens with two attached hydrogens (primary N) is 1. The van der Waals surface area contributed by atoms with E-state index in [4.69, 9.17) is 10.2 Å². The lowest BCUT2D eigenvalue weighted by molar-refractivity contribution is 0.561. The number of nitrogens with zero attached hydrogens (tertiary/aromatic N) is 2. The summed E-state index contributed by atoms with van der Waals surface area (Å²) < 4.78 is 5.43. The number of fused-ring (bicyclic) bond motifs is 1. The molecule has 0 amide bonds. The highest BCUT2D eigenvalue weighted by atomic mass is 16.3. The second-order valence-electron chi connectivity index (χ2n) is 3.86. The molecule has 0 aliphatic rings. The van der Waals surface area contributed by atoms with Crippen LogP contribution in [-0.4, -0.2) is 15.0 Å². The fourth-order valence-corrected chi connectivity index (χ4v) is 1.82. The van der Waals surface area contributed by atoms with Gasteiger partial charge in [-0.3, -0.25) is 0 Å². The molecule has 5 heteroatoms. The smallest absolute Gasteiger partial charge is 0.192 e. The Balaban J connectivity index is 2.10. The van der Waals surface area contributed by atoms with Gasteiger partial charge in [0, 0.05) is 12.5 Å². The molecule has 3 rings (SSSR count). The molecule has 2 aromatic heterocycles. The summed E-state index contributed by atoms with van der Waals surface area (Å²) in [7, 11) is 0. The molecular formula is C12H12N4O. The van der Waals surface area contributed by atoms with Crippen molar-refractivity contribution >= 4 is 11.1 Å². The number of aromatic amines is 1. The first kappa shape index (κ1) is 10.0. The highest BCUT2D eigenvalue weighted by Crippen LogP contribution is 2.23. The van der Waals surface area contributed by atoms with Gasteiger partial charge in [0.15, 0.2) is 11.5 Å². The Morgan fingerprint density at radius 3 is 3.06 bits per heavy atom. The van der Waals surface area contributed by atoms with E-state index in [2.05, 4.69) is 15.0 Å². The maximum atomic E-state index is 5.51. The quantitative estimate of drug-likeness (QED) is 0.702. The van der Waals surface area contributed by atoms with Gasteiger partial charge in [0.05, 0.1) is 18.4 Å². The fourth-order valence-electron chi connectivity index (χ4n) is 1.82. The topological polar surface area (TPSA) is 80.7 Å². The number of hydrogen-bond acceptors (Lipinski definition) is 4. The van der Waals surface area contributed by atoms with E-state index in [-0.39, 0.29) is 0 Å². The molecule has 0 saturated heterocycles. The molecule has 3 N–H and O–H groups in total. The maximum absolute atomic E-state index is 5.51. The lowest BCUT2D eigenvalue weighted by atomic mass is 10.1. The molecule has 1 aromatic carbocycles. The minimum Gasteiger partial charge on any atom is -0.441 e. The molecule has 0 radical (unpaired) electrons. The number of nitrogens with one attached hydrogen (secondary N) is 1. The molecule has 0 saturated carbocycles. The Kier molecular flexibility index (Phi) is 2.19. The van der Waals surface area contributed by atoms with Crippen LogP contribution in [0.5, 0.6) is 0 Å². The minimum absolute atomic E-state index is 0.408. The van der Waals surface area contributed by atoms with Crippen LogP contribution in [0, 0.1) is 6.92 Å². The van der Waals surface area contributed by atoms with Crippen molar-refractivity contribution in [1.29, 1.82) is 0 Å². The molecule has 0 unspecified atom stereocenters. The van der Waals surface area contributed by atoms with Gasteiger partial charge in [0.1, 0.15) is 11.3 Å². The largest absolute Gasteiger partial charge is 0.441 e. The number of aryl methyl sites for hydroxylation is 1. The van der Waals surface area contributed by atoms with Crippen LogP contribution in [0.2, 0.25) is 0 Å². The summed E-state index contributed by atoms with van der Waals surface area (Å²) >= 11 is 0. The van der Waals surface area contributed by atoms with Gasteiger partial charge in [-0.2, -0.15) is 0 Å². The lowest BCUT2D eigenvalue weighted by Gasteiger charge is -1.96. The zero-order valence-corrected chi connectivity index (χ0v) is 9.40. The third-order valence-corrected chi connectivity index (χ3v) is 2.63. The van der Waals surface area contributed by atoms with Crippen LogP contribution < -0.4 is 5.73 Å². The van der Waals surface area contributed by atoms with Crippen LogP contribution in [0.15, 0.2) is 28.8 Å². The van der Waals surface area contributed by atoms with Crippen LogP contribution in [0.25, 0.3) is 22.4 Å². The molecule has 0 aliphatic carbocycles. The van der Waals surface area contributed by atoms with E-state index < -0.39 is 0 Å². The third-order valence-electron chi connectivity index (χ3n) is 2.63. The molecule has 0 aliphatic heterocycles. The summed E-state index contributed by atoms with van der Waals surface area (Å²) in [4.78, 5) is 11.6. The normalized spacial score (nSPS) is 11.2. The number of benzene rings is 1. The summed E-state index contributed by atoms with van der Waals surface area (Å²) in [6.07, 6.45) is 1.77. The molecular weight excluding hydrogens is 216 g/mol. The SMILES string of the molecule is Cc1nc2cc(-c3cnc(CN)[nH]3)ccc2o1. The number of hydrogen-bond donors (Lipinski definition) is 2. The Bertz CT molecular complexity index is 668. The monoisotopic (exact) mass is 228 g/mol. The minimum atomic E-state index is 0.408. The van der Waals surface area contributed by atoms with Crippen LogP contribution in [0.4, 0.5) is 0 Å². The molecule has 2 heterocycles. The Morgan fingerprint density at radius 2 is 2.29 bits per heavy atom. The molecule has 5 nitrogen and oxygen atoms in total. The highest BCUT2D eigenvalue weighted by molar-refractivity contribution is 5.79. The van der Waals surface area contributed by atoms with Gasteiger partial charge in [-0.1, -0.05) is 0 Å². The van der Waals surface area contributed by atoms with E-state index in [0.717, 1.165) is 28.2 Å². The van der Waals surface area contributed by atoms with Crippen molar-refractivity contribution in [2.75, 3.05) is 0 Å². The van der Waals surface area contributed by atoms with Gasteiger partial charge in [0.2, 0.25) is 0 Å². The average Bonchev–Trinajstić information content (AvgIpc) is 2.92. The molecule has 0 bridgehead atoms. The zero-order valence-electron chi connectivity index (χ0n) is 9.40. The number of oxazole rings is 1. The van der Waals surface area contributed by atoms with Crippen molar-refractivity contribution in [3.8, 4) is 11.3 Å². The molecule has 0 spiro atoms. The Hall–Kier alpha value is -2.14. The highest BCUT2D eigenvalue weighted by Gasteiger charge is 2.06. The molecule has 0 atom stereocenters. The van der Waals surface area contributed by atoms with Crippen LogP contribution in [0.1, 0.15) is 11.7 Å². The van der Waals surface area contributed by atoms with Crippen molar-refractivity contribution in [1.82, 2.24) is 15.0 Å². The lowest BCUT2D eigenvalue weighted by Crippen LogP contribution is -1.97. The van der Waals surface area contributed by atoms with E-state index >= 15 is 0 Å². The van der Waals surface area contributed by atoms with Gasteiger partial charge < -0.3 is 15.1 Å². The Morgan fingerprint density at radius 1 is 1.41 bits per heavy atom. The van der Waals surface area contributed by atoms with Crippen molar-refractivity contribution < 1.29 is 4.42 Å². The maximum Gasteiger partial charge on any atom is 0.192 e. The standard InChI is InChI=1S/C12H12N4O/c1-7-15-9-4-8(2-3-11(9)17-7)10-6-14-12(5-13)16-10/h2-4,6H,5,13H2,1H3,(H,14,16). The number of rotatable bonds is 2. The van der Waals surface area contributed by atoms with Crippen molar-refractivity contribution in [2.24, 2.45) is 5.73 Å². The first-order valence-electron chi connectivity index (χ1n) is 5.38. The van der Waals surface area contributed by atoms with Crippen LogP contribution in [-0.2, 0) is 6.54 Å². The van der Waals surface area contributed by atoms with E-state index in [1.807, 2.05) is 25.1 Å². The first-order chi connectivity index (χ1) is 8.26. The number of aromatic nitrogens is 3. The van der Waals surface area contributed by atoms with Gasteiger partial charge in [0.25, 0.3) is 0 Å².